The van der Waals surface area contributed by atoms with Crippen LogP contribution >= 0.6 is 34.8 Å². The molecule has 0 heterocycles. The zero-order valence-electron chi connectivity index (χ0n) is 13.6. The molecule has 2 rings (SSSR count). The Bertz CT molecular complexity index is 768. The molecule has 0 aromatic heterocycles. The lowest BCUT2D eigenvalue weighted by atomic mass is 10.1. The van der Waals surface area contributed by atoms with Crippen LogP contribution in [0.2, 0.25) is 15.1 Å². The minimum absolute atomic E-state index is 0.0457. The van der Waals surface area contributed by atoms with Crippen molar-refractivity contribution in [3.05, 3.63) is 57.0 Å². The lowest BCUT2D eigenvalue weighted by Gasteiger charge is -2.16. The molecule has 2 aromatic rings. The van der Waals surface area contributed by atoms with Crippen molar-refractivity contribution in [3.8, 4) is 5.75 Å². The van der Waals surface area contributed by atoms with Gasteiger partial charge in [-0.2, -0.15) is 0 Å². The first kappa shape index (κ1) is 19.6. The summed E-state index contributed by atoms with van der Waals surface area (Å²) in [6.07, 6.45) is -0.364. The van der Waals surface area contributed by atoms with Crippen molar-refractivity contribution in [1.29, 1.82) is 0 Å². The van der Waals surface area contributed by atoms with E-state index in [0.29, 0.717) is 22.8 Å². The number of ketones is 1. The summed E-state index contributed by atoms with van der Waals surface area (Å²) in [5.41, 5.74) is 0.878. The lowest BCUT2D eigenvalue weighted by molar-refractivity contribution is -0.122. The predicted octanol–water partition coefficient (Wildman–Crippen LogP) is 5.65. The maximum Gasteiger partial charge on any atom is 0.265 e. The Morgan fingerprint density at radius 2 is 1.64 bits per heavy atom. The van der Waals surface area contributed by atoms with Gasteiger partial charge in [0.05, 0.1) is 15.7 Å². The third-order valence-corrected chi connectivity index (χ3v) is 4.25. The molecule has 2 aromatic carbocycles. The van der Waals surface area contributed by atoms with E-state index in [1.807, 2.05) is 0 Å². The third-order valence-electron chi connectivity index (χ3n) is 3.43. The minimum atomic E-state index is -0.796. The number of hydrogen-bond donors (Lipinski definition) is 1. The summed E-state index contributed by atoms with van der Waals surface area (Å²) in [5, 5.41) is 3.47. The molecule has 0 aliphatic carbocycles. The van der Waals surface area contributed by atoms with Crippen LogP contribution in [0.25, 0.3) is 0 Å². The van der Waals surface area contributed by atoms with Crippen LogP contribution in [-0.4, -0.2) is 17.8 Å². The van der Waals surface area contributed by atoms with Gasteiger partial charge in [-0.25, -0.2) is 0 Å². The van der Waals surface area contributed by atoms with Crippen LogP contribution in [0.4, 0.5) is 5.69 Å². The van der Waals surface area contributed by atoms with Gasteiger partial charge in [-0.15, -0.1) is 0 Å². The molecular formula is C18H16Cl3NO3. The van der Waals surface area contributed by atoms with E-state index in [1.54, 1.807) is 38.1 Å². The van der Waals surface area contributed by atoms with E-state index >= 15 is 0 Å². The van der Waals surface area contributed by atoms with E-state index in [2.05, 4.69) is 5.32 Å². The monoisotopic (exact) mass is 399 g/mol. The number of carbonyl (C=O) groups is 2. The number of hydrogen-bond acceptors (Lipinski definition) is 3. The summed E-state index contributed by atoms with van der Waals surface area (Å²) >= 11 is 17.9. The molecule has 7 heteroatoms. The number of nitrogens with one attached hydrogen (secondary N) is 1. The minimum Gasteiger partial charge on any atom is -0.481 e. The normalized spacial score (nSPS) is 11.7. The molecule has 4 nitrogen and oxygen atoms in total. The van der Waals surface area contributed by atoms with Gasteiger partial charge in [-0.1, -0.05) is 41.7 Å². The lowest BCUT2D eigenvalue weighted by Crippen LogP contribution is -2.30. The highest BCUT2D eigenvalue weighted by molar-refractivity contribution is 6.42. The Kier molecular flexibility index (Phi) is 6.71. The zero-order valence-corrected chi connectivity index (χ0v) is 15.9. The van der Waals surface area contributed by atoms with Crippen molar-refractivity contribution in [2.45, 2.75) is 26.4 Å². The summed E-state index contributed by atoms with van der Waals surface area (Å²) in [6, 6.07) is 9.60. The number of ether oxygens (including phenoxy) is 1. The Balaban J connectivity index is 2.04. The van der Waals surface area contributed by atoms with E-state index in [1.165, 1.54) is 12.1 Å². The second kappa shape index (κ2) is 8.56. The quantitative estimate of drug-likeness (QED) is 0.638. The molecule has 0 bridgehead atoms. The predicted molar refractivity (Wildman–Crippen MR) is 101 cm³/mol. The van der Waals surface area contributed by atoms with Crippen molar-refractivity contribution in [1.82, 2.24) is 0 Å². The van der Waals surface area contributed by atoms with E-state index in [-0.39, 0.29) is 21.5 Å². The number of carbonyl (C=O) groups excluding carboxylic acids is 2. The van der Waals surface area contributed by atoms with Gasteiger partial charge in [-0.3, -0.25) is 9.59 Å². The number of rotatable bonds is 6. The van der Waals surface area contributed by atoms with Crippen LogP contribution in [0.1, 0.15) is 30.6 Å². The number of amides is 1. The number of benzene rings is 2. The molecule has 0 fully saturated rings. The molecule has 0 unspecified atom stereocenters. The summed E-state index contributed by atoms with van der Waals surface area (Å²) < 4.78 is 5.58. The van der Waals surface area contributed by atoms with Crippen LogP contribution in [-0.2, 0) is 4.79 Å². The Morgan fingerprint density at radius 1 is 1.08 bits per heavy atom. The van der Waals surface area contributed by atoms with Crippen molar-refractivity contribution in [2.24, 2.45) is 0 Å². The molecule has 0 saturated carbocycles. The van der Waals surface area contributed by atoms with Gasteiger partial charge in [0, 0.05) is 17.0 Å². The van der Waals surface area contributed by atoms with Crippen molar-refractivity contribution in [3.63, 3.8) is 0 Å². The average Bonchev–Trinajstić information content (AvgIpc) is 2.57. The highest BCUT2D eigenvalue weighted by Gasteiger charge is 2.18. The van der Waals surface area contributed by atoms with E-state index in [0.717, 1.165) is 0 Å². The van der Waals surface area contributed by atoms with Gasteiger partial charge < -0.3 is 10.1 Å². The molecule has 0 radical (unpaired) electrons. The molecular weight excluding hydrogens is 385 g/mol. The second-order valence-corrected chi connectivity index (χ2v) is 6.55. The van der Waals surface area contributed by atoms with Crippen LogP contribution < -0.4 is 10.1 Å². The van der Waals surface area contributed by atoms with Crippen molar-refractivity contribution >= 4 is 52.2 Å². The van der Waals surface area contributed by atoms with Gasteiger partial charge in [0.25, 0.3) is 5.91 Å². The highest BCUT2D eigenvalue weighted by Crippen LogP contribution is 2.33. The van der Waals surface area contributed by atoms with Gasteiger partial charge in [-0.05, 0) is 43.3 Å². The topological polar surface area (TPSA) is 55.4 Å². The van der Waals surface area contributed by atoms with Crippen LogP contribution in [0.3, 0.4) is 0 Å². The molecule has 0 aliphatic rings. The summed E-state index contributed by atoms with van der Waals surface area (Å²) in [5.74, 6) is 0.104. The van der Waals surface area contributed by atoms with Crippen molar-refractivity contribution < 1.29 is 14.3 Å². The first-order valence-electron chi connectivity index (χ1n) is 7.57. The van der Waals surface area contributed by atoms with Crippen LogP contribution in [0.15, 0.2) is 36.4 Å². The first-order chi connectivity index (χ1) is 11.8. The van der Waals surface area contributed by atoms with Crippen LogP contribution in [0, 0.1) is 0 Å². The SMILES string of the molecule is CCC(=O)c1ccc(O[C@@H](C)C(=O)Nc2c(Cl)cc(Cl)cc2Cl)cc1. The fourth-order valence-electron chi connectivity index (χ4n) is 2.07. The maximum atomic E-state index is 12.3. The average molecular weight is 401 g/mol. The Hall–Kier alpha value is -1.75. The van der Waals surface area contributed by atoms with Gasteiger partial charge >= 0.3 is 0 Å². The Labute approximate surface area is 161 Å². The zero-order chi connectivity index (χ0) is 18.6. The third kappa shape index (κ3) is 5.11. The summed E-state index contributed by atoms with van der Waals surface area (Å²) in [4.78, 5) is 23.9. The molecule has 25 heavy (non-hydrogen) atoms. The number of Topliss-reactive ketones (excluding diaryl/α,β-unsaturated/α-hetero) is 1. The van der Waals surface area contributed by atoms with Crippen LogP contribution in [0.5, 0.6) is 5.75 Å². The highest BCUT2D eigenvalue weighted by atomic mass is 35.5. The number of anilines is 1. The Morgan fingerprint density at radius 3 is 2.16 bits per heavy atom. The van der Waals surface area contributed by atoms with Crippen molar-refractivity contribution in [2.75, 3.05) is 5.32 Å². The van der Waals surface area contributed by atoms with E-state index < -0.39 is 12.0 Å². The van der Waals surface area contributed by atoms with Gasteiger partial charge in [0.1, 0.15) is 5.75 Å². The molecule has 1 N–H and O–H groups in total. The summed E-state index contributed by atoms with van der Waals surface area (Å²) in [6.45, 7) is 3.39. The smallest absolute Gasteiger partial charge is 0.265 e. The molecule has 0 saturated heterocycles. The summed E-state index contributed by atoms with van der Waals surface area (Å²) in [7, 11) is 0. The molecule has 0 aliphatic heterocycles. The molecule has 132 valence electrons. The van der Waals surface area contributed by atoms with E-state index in [4.69, 9.17) is 39.5 Å². The molecule has 1 amide bonds. The van der Waals surface area contributed by atoms with E-state index in [9.17, 15) is 9.59 Å². The van der Waals surface area contributed by atoms with Gasteiger partial charge in [0.2, 0.25) is 0 Å². The first-order valence-corrected chi connectivity index (χ1v) is 8.70. The molecule has 1 atom stereocenters. The fraction of sp³-hybridized carbons (Fsp3) is 0.222. The number of halogens is 3. The fourth-order valence-corrected chi connectivity index (χ4v) is 2.98. The van der Waals surface area contributed by atoms with Gasteiger partial charge in [0.15, 0.2) is 11.9 Å². The second-order valence-electron chi connectivity index (χ2n) is 5.29. The largest absolute Gasteiger partial charge is 0.481 e. The standard InChI is InChI=1S/C18H16Cl3NO3/c1-3-16(23)11-4-6-13(7-5-11)25-10(2)18(24)22-17-14(20)8-12(19)9-15(17)21/h4-10H,3H2,1-2H3,(H,22,24)/t10-/m0/s1. The molecule has 0 spiro atoms. The maximum absolute atomic E-state index is 12.3.